The van der Waals surface area contributed by atoms with Crippen LogP contribution in [0, 0.1) is 0 Å². The molecule has 0 saturated carbocycles. The van der Waals surface area contributed by atoms with Crippen molar-refractivity contribution >= 4 is 11.3 Å². The Hall–Kier alpha value is -2.22. The summed E-state index contributed by atoms with van der Waals surface area (Å²) in [6.45, 7) is 5.35. The van der Waals surface area contributed by atoms with Gasteiger partial charge in [-0.2, -0.15) is 0 Å². The number of anilines is 1. The maximum absolute atomic E-state index is 5.19. The van der Waals surface area contributed by atoms with Crippen LogP contribution in [0.4, 0.5) is 5.69 Å². The zero-order valence-electron chi connectivity index (χ0n) is 12.0. The lowest BCUT2D eigenvalue weighted by molar-refractivity contribution is 0.415. The molecule has 1 aliphatic heterocycles. The molecule has 1 aliphatic rings. The van der Waals surface area contributed by atoms with E-state index < -0.39 is 0 Å². The summed E-state index contributed by atoms with van der Waals surface area (Å²) in [4.78, 5) is 2.30. The average Bonchev–Trinajstić information content (AvgIpc) is 2.87. The van der Waals surface area contributed by atoms with Crippen LogP contribution in [0.3, 0.4) is 0 Å². The Kier molecular flexibility index (Phi) is 3.23. The van der Waals surface area contributed by atoms with Gasteiger partial charge in [0.05, 0.1) is 7.11 Å². The highest BCUT2D eigenvalue weighted by molar-refractivity contribution is 5.80. The Balaban J connectivity index is 1.90. The summed E-state index contributed by atoms with van der Waals surface area (Å²) in [5.74, 6) is 0.872. The molecule has 0 atom stereocenters. The first-order valence-corrected chi connectivity index (χ1v) is 6.87. The first-order valence-electron chi connectivity index (χ1n) is 6.87. The predicted octanol–water partition coefficient (Wildman–Crippen LogP) is 3.75. The van der Waals surface area contributed by atoms with Crippen LogP contribution in [0.15, 0.2) is 49.0 Å². The van der Waals surface area contributed by atoms with Gasteiger partial charge in [0.25, 0.3) is 0 Å². The van der Waals surface area contributed by atoms with Gasteiger partial charge in [-0.3, -0.25) is 0 Å². The van der Waals surface area contributed by atoms with Crippen LogP contribution in [-0.2, 0) is 6.42 Å². The third kappa shape index (κ3) is 2.18. The minimum Gasteiger partial charge on any atom is -0.497 e. The zero-order valence-corrected chi connectivity index (χ0v) is 12.0. The van der Waals surface area contributed by atoms with Gasteiger partial charge in [-0.1, -0.05) is 24.8 Å². The number of fused-ring (bicyclic) bond motifs is 1. The fourth-order valence-electron chi connectivity index (χ4n) is 2.71. The molecule has 2 aromatic carbocycles. The van der Waals surface area contributed by atoms with Gasteiger partial charge in [0, 0.05) is 19.3 Å². The van der Waals surface area contributed by atoms with E-state index in [-0.39, 0.29) is 0 Å². The van der Waals surface area contributed by atoms with E-state index >= 15 is 0 Å². The predicted molar refractivity (Wildman–Crippen MR) is 84.5 cm³/mol. The molecule has 0 amide bonds. The molecule has 0 bridgehead atoms. The summed E-state index contributed by atoms with van der Waals surface area (Å²) < 4.78 is 5.19. The van der Waals surface area contributed by atoms with E-state index in [1.165, 1.54) is 16.8 Å². The molecular weight excluding hydrogens is 246 g/mol. The van der Waals surface area contributed by atoms with Crippen LogP contribution in [-0.4, -0.2) is 20.7 Å². The van der Waals surface area contributed by atoms with Gasteiger partial charge >= 0.3 is 0 Å². The van der Waals surface area contributed by atoms with E-state index in [9.17, 15) is 0 Å². The second-order valence-electron chi connectivity index (χ2n) is 5.22. The summed E-state index contributed by atoms with van der Waals surface area (Å²) in [5, 5.41) is 0. The lowest BCUT2D eigenvalue weighted by Crippen LogP contribution is -2.12. The smallest absolute Gasteiger partial charge is 0.118 e. The van der Waals surface area contributed by atoms with Crippen LogP contribution in [0.25, 0.3) is 5.57 Å². The molecule has 0 fully saturated rings. The van der Waals surface area contributed by atoms with Gasteiger partial charge in [-0.05, 0) is 52.9 Å². The SMILES string of the molecule is C=C(c1ccc(OC)cc1)c1ccc2c(c1)CCN2C. The van der Waals surface area contributed by atoms with Crippen molar-refractivity contribution in [3.8, 4) is 5.75 Å². The number of rotatable bonds is 3. The van der Waals surface area contributed by atoms with E-state index in [1.807, 2.05) is 12.1 Å². The standard InChI is InChI=1S/C18H19NO/c1-13(14-4-7-17(20-3)8-5-14)15-6-9-18-16(12-15)10-11-19(18)2/h4-9,12H,1,10-11H2,2-3H3. The number of hydrogen-bond acceptors (Lipinski definition) is 2. The monoisotopic (exact) mass is 265 g/mol. The first-order chi connectivity index (χ1) is 9.69. The van der Waals surface area contributed by atoms with Crippen molar-refractivity contribution < 1.29 is 4.74 Å². The lowest BCUT2D eigenvalue weighted by Gasteiger charge is -2.13. The van der Waals surface area contributed by atoms with Gasteiger partial charge < -0.3 is 9.64 Å². The lowest BCUT2D eigenvalue weighted by atomic mass is 9.97. The summed E-state index contributed by atoms with van der Waals surface area (Å²) >= 11 is 0. The van der Waals surface area contributed by atoms with E-state index in [0.29, 0.717) is 0 Å². The van der Waals surface area contributed by atoms with Crippen molar-refractivity contribution in [1.29, 1.82) is 0 Å². The Morgan fingerprint density at radius 3 is 2.50 bits per heavy atom. The van der Waals surface area contributed by atoms with Crippen molar-refractivity contribution in [1.82, 2.24) is 0 Å². The minimum absolute atomic E-state index is 0.872. The second kappa shape index (κ2) is 5.04. The van der Waals surface area contributed by atoms with E-state index in [1.54, 1.807) is 7.11 Å². The van der Waals surface area contributed by atoms with E-state index in [2.05, 4.69) is 48.9 Å². The zero-order chi connectivity index (χ0) is 14.1. The van der Waals surface area contributed by atoms with Gasteiger partial charge in [0.1, 0.15) is 5.75 Å². The maximum Gasteiger partial charge on any atom is 0.118 e. The molecule has 1 heterocycles. The molecular formula is C18H19NO. The number of likely N-dealkylation sites (N-methyl/N-ethyl adjacent to an activating group) is 1. The van der Waals surface area contributed by atoms with Gasteiger partial charge in [-0.25, -0.2) is 0 Å². The fraction of sp³-hybridized carbons (Fsp3) is 0.222. The summed E-state index contributed by atoms with van der Waals surface area (Å²) in [5.41, 5.74) is 6.15. The van der Waals surface area contributed by atoms with Crippen LogP contribution in [0.5, 0.6) is 5.75 Å². The number of ether oxygens (including phenoxy) is 1. The largest absolute Gasteiger partial charge is 0.497 e. The number of hydrogen-bond donors (Lipinski definition) is 0. The summed E-state index contributed by atoms with van der Waals surface area (Å²) in [7, 11) is 3.82. The molecule has 102 valence electrons. The van der Waals surface area contributed by atoms with Gasteiger partial charge in [0.15, 0.2) is 0 Å². The molecule has 0 saturated heterocycles. The average molecular weight is 265 g/mol. The fourth-order valence-corrected chi connectivity index (χ4v) is 2.71. The highest BCUT2D eigenvalue weighted by Crippen LogP contribution is 2.31. The second-order valence-corrected chi connectivity index (χ2v) is 5.22. The topological polar surface area (TPSA) is 12.5 Å². The molecule has 2 aromatic rings. The molecule has 0 spiro atoms. The third-order valence-corrected chi connectivity index (χ3v) is 3.99. The summed E-state index contributed by atoms with van der Waals surface area (Å²) in [6, 6.07) is 14.7. The Morgan fingerprint density at radius 2 is 1.80 bits per heavy atom. The van der Waals surface area contributed by atoms with Crippen molar-refractivity contribution in [2.45, 2.75) is 6.42 Å². The van der Waals surface area contributed by atoms with Crippen LogP contribution < -0.4 is 9.64 Å². The molecule has 20 heavy (non-hydrogen) atoms. The van der Waals surface area contributed by atoms with Crippen molar-refractivity contribution in [3.63, 3.8) is 0 Å². The van der Waals surface area contributed by atoms with E-state index in [0.717, 1.165) is 29.9 Å². The highest BCUT2D eigenvalue weighted by Gasteiger charge is 2.16. The third-order valence-electron chi connectivity index (χ3n) is 3.99. The first kappa shape index (κ1) is 12.8. The molecule has 3 rings (SSSR count). The van der Waals surface area contributed by atoms with Gasteiger partial charge in [0.2, 0.25) is 0 Å². The molecule has 2 nitrogen and oxygen atoms in total. The van der Waals surface area contributed by atoms with E-state index in [4.69, 9.17) is 4.74 Å². The number of benzene rings is 2. The number of nitrogens with zero attached hydrogens (tertiary/aromatic N) is 1. The molecule has 0 radical (unpaired) electrons. The maximum atomic E-state index is 5.19. The molecule has 0 aromatic heterocycles. The Bertz CT molecular complexity index is 643. The Labute approximate surface area is 120 Å². The van der Waals surface area contributed by atoms with Crippen molar-refractivity contribution in [2.75, 3.05) is 25.6 Å². The molecule has 0 unspecified atom stereocenters. The van der Waals surface area contributed by atoms with Crippen LogP contribution in [0.1, 0.15) is 16.7 Å². The molecule has 0 aliphatic carbocycles. The Morgan fingerprint density at radius 1 is 1.10 bits per heavy atom. The highest BCUT2D eigenvalue weighted by atomic mass is 16.5. The van der Waals surface area contributed by atoms with Crippen LogP contribution >= 0.6 is 0 Å². The van der Waals surface area contributed by atoms with Gasteiger partial charge in [-0.15, -0.1) is 0 Å². The molecule has 0 N–H and O–H groups in total. The minimum atomic E-state index is 0.872. The number of methoxy groups -OCH3 is 1. The van der Waals surface area contributed by atoms with Crippen LogP contribution in [0.2, 0.25) is 0 Å². The summed E-state index contributed by atoms with van der Waals surface area (Å²) in [6.07, 6.45) is 1.12. The normalized spacial score (nSPS) is 13.2. The van der Waals surface area contributed by atoms with Crippen molar-refractivity contribution in [2.24, 2.45) is 0 Å². The van der Waals surface area contributed by atoms with Crippen molar-refractivity contribution in [3.05, 3.63) is 65.7 Å². The molecule has 2 heteroatoms. The quantitative estimate of drug-likeness (QED) is 0.838.